The third-order valence-corrected chi connectivity index (χ3v) is 2.19. The minimum Gasteiger partial charge on any atom is -0.385 e. The molecule has 0 saturated carbocycles. The standard InChI is InChI=1S/C11H14ClNO/c1-2-3-8-13-10-6-4-9(5-7-10)11(12)14/h4-7,13H,2-3,8H2,1H3. The van der Waals surface area contributed by atoms with Crippen molar-refractivity contribution in [2.45, 2.75) is 19.8 Å². The lowest BCUT2D eigenvalue weighted by Crippen LogP contribution is -2.00. The maximum Gasteiger partial charge on any atom is 0.252 e. The molecule has 1 aromatic carbocycles. The van der Waals surface area contributed by atoms with Crippen LogP contribution in [0.25, 0.3) is 0 Å². The van der Waals surface area contributed by atoms with Crippen molar-refractivity contribution in [2.24, 2.45) is 0 Å². The Morgan fingerprint density at radius 2 is 2.00 bits per heavy atom. The molecule has 0 heterocycles. The molecule has 0 spiro atoms. The van der Waals surface area contributed by atoms with Gasteiger partial charge in [-0.25, -0.2) is 0 Å². The van der Waals surface area contributed by atoms with E-state index in [1.165, 1.54) is 6.42 Å². The van der Waals surface area contributed by atoms with Crippen LogP contribution in [0.2, 0.25) is 0 Å². The van der Waals surface area contributed by atoms with E-state index in [9.17, 15) is 4.79 Å². The van der Waals surface area contributed by atoms with E-state index in [-0.39, 0.29) is 0 Å². The summed E-state index contributed by atoms with van der Waals surface area (Å²) in [6.45, 7) is 3.11. The van der Waals surface area contributed by atoms with Gasteiger partial charge in [0.2, 0.25) is 0 Å². The van der Waals surface area contributed by atoms with Crippen molar-refractivity contribution in [3.63, 3.8) is 0 Å². The molecule has 76 valence electrons. The molecule has 14 heavy (non-hydrogen) atoms. The van der Waals surface area contributed by atoms with Crippen LogP contribution >= 0.6 is 11.6 Å². The summed E-state index contributed by atoms with van der Waals surface area (Å²) in [5.74, 6) is 0. The first-order valence-corrected chi connectivity index (χ1v) is 5.15. The molecule has 0 fully saturated rings. The Bertz CT molecular complexity index is 295. The number of benzene rings is 1. The fourth-order valence-corrected chi connectivity index (χ4v) is 1.25. The Labute approximate surface area is 89.3 Å². The fraction of sp³-hybridized carbons (Fsp3) is 0.364. The molecule has 0 radical (unpaired) electrons. The summed E-state index contributed by atoms with van der Waals surface area (Å²) < 4.78 is 0. The predicted molar refractivity (Wildman–Crippen MR) is 60.0 cm³/mol. The second kappa shape index (κ2) is 5.66. The van der Waals surface area contributed by atoms with Gasteiger partial charge in [-0.1, -0.05) is 13.3 Å². The summed E-state index contributed by atoms with van der Waals surface area (Å²) in [7, 11) is 0. The summed E-state index contributed by atoms with van der Waals surface area (Å²) >= 11 is 5.32. The van der Waals surface area contributed by atoms with Crippen molar-refractivity contribution in [2.75, 3.05) is 11.9 Å². The number of carbonyl (C=O) groups excluding carboxylic acids is 1. The number of hydrogen-bond donors (Lipinski definition) is 1. The highest BCUT2D eigenvalue weighted by atomic mass is 35.5. The van der Waals surface area contributed by atoms with Crippen LogP contribution in [0.4, 0.5) is 5.69 Å². The van der Waals surface area contributed by atoms with Crippen molar-refractivity contribution in [1.29, 1.82) is 0 Å². The first-order chi connectivity index (χ1) is 6.74. The van der Waals surface area contributed by atoms with Gasteiger partial charge >= 0.3 is 0 Å². The highest BCUT2D eigenvalue weighted by Crippen LogP contribution is 2.11. The lowest BCUT2D eigenvalue weighted by Gasteiger charge is -2.04. The van der Waals surface area contributed by atoms with E-state index in [2.05, 4.69) is 12.2 Å². The fourth-order valence-electron chi connectivity index (χ4n) is 1.13. The first-order valence-electron chi connectivity index (χ1n) is 4.78. The Morgan fingerprint density at radius 1 is 1.36 bits per heavy atom. The predicted octanol–water partition coefficient (Wildman–Crippen LogP) is 3.28. The highest BCUT2D eigenvalue weighted by Gasteiger charge is 1.99. The maximum absolute atomic E-state index is 10.8. The summed E-state index contributed by atoms with van der Waals surface area (Å²) in [6.07, 6.45) is 2.32. The molecule has 1 N–H and O–H groups in total. The molecule has 0 aliphatic carbocycles. The van der Waals surface area contributed by atoms with Gasteiger partial charge in [-0.3, -0.25) is 4.79 Å². The zero-order valence-electron chi connectivity index (χ0n) is 8.22. The van der Waals surface area contributed by atoms with Gasteiger partial charge in [-0.05, 0) is 42.3 Å². The molecule has 0 bridgehead atoms. The van der Waals surface area contributed by atoms with Gasteiger partial charge in [0.25, 0.3) is 5.24 Å². The molecule has 0 aromatic heterocycles. The SMILES string of the molecule is CCCCNc1ccc(C(=O)Cl)cc1. The molecule has 0 aliphatic rings. The quantitative estimate of drug-likeness (QED) is 0.598. The van der Waals surface area contributed by atoms with Crippen LogP contribution in [0.1, 0.15) is 30.1 Å². The van der Waals surface area contributed by atoms with Gasteiger partial charge in [0, 0.05) is 17.8 Å². The third-order valence-electron chi connectivity index (χ3n) is 1.97. The zero-order chi connectivity index (χ0) is 10.4. The van der Waals surface area contributed by atoms with Crippen molar-refractivity contribution in [3.05, 3.63) is 29.8 Å². The molecule has 0 unspecified atom stereocenters. The van der Waals surface area contributed by atoms with E-state index >= 15 is 0 Å². The molecular weight excluding hydrogens is 198 g/mol. The maximum atomic E-state index is 10.8. The molecule has 0 amide bonds. The first kappa shape index (κ1) is 11.1. The van der Waals surface area contributed by atoms with Gasteiger partial charge in [0.05, 0.1) is 0 Å². The number of unbranched alkanes of at least 4 members (excludes halogenated alkanes) is 1. The number of halogens is 1. The molecule has 3 heteroatoms. The van der Waals surface area contributed by atoms with E-state index in [0.717, 1.165) is 18.7 Å². The van der Waals surface area contributed by atoms with Gasteiger partial charge in [-0.2, -0.15) is 0 Å². The van der Waals surface area contributed by atoms with Gasteiger partial charge in [0.1, 0.15) is 0 Å². The van der Waals surface area contributed by atoms with Crippen LogP contribution in [0.15, 0.2) is 24.3 Å². The van der Waals surface area contributed by atoms with E-state index in [4.69, 9.17) is 11.6 Å². The number of anilines is 1. The molecule has 1 aromatic rings. The normalized spacial score (nSPS) is 9.86. The molecule has 0 aliphatic heterocycles. The van der Waals surface area contributed by atoms with Crippen LogP contribution in [0.3, 0.4) is 0 Å². The molecule has 1 rings (SSSR count). The van der Waals surface area contributed by atoms with Gasteiger partial charge in [0.15, 0.2) is 0 Å². The lowest BCUT2D eigenvalue weighted by molar-refractivity contribution is 0.108. The summed E-state index contributed by atoms with van der Waals surface area (Å²) in [4.78, 5) is 10.8. The topological polar surface area (TPSA) is 29.1 Å². The number of rotatable bonds is 5. The number of hydrogen-bond acceptors (Lipinski definition) is 2. The molecule has 0 saturated heterocycles. The largest absolute Gasteiger partial charge is 0.385 e. The van der Waals surface area contributed by atoms with E-state index in [1.54, 1.807) is 12.1 Å². The highest BCUT2D eigenvalue weighted by molar-refractivity contribution is 6.67. The van der Waals surface area contributed by atoms with E-state index in [1.807, 2.05) is 12.1 Å². The zero-order valence-corrected chi connectivity index (χ0v) is 8.97. The minimum atomic E-state index is -0.412. The van der Waals surface area contributed by atoms with Crippen LogP contribution in [0.5, 0.6) is 0 Å². The second-order valence-corrected chi connectivity index (χ2v) is 3.47. The lowest BCUT2D eigenvalue weighted by atomic mass is 10.2. The van der Waals surface area contributed by atoms with E-state index < -0.39 is 5.24 Å². The van der Waals surface area contributed by atoms with Crippen LogP contribution in [0, 0.1) is 0 Å². The minimum absolute atomic E-state index is 0.412. The Hall–Kier alpha value is -1.02. The van der Waals surface area contributed by atoms with Crippen LogP contribution in [-0.4, -0.2) is 11.8 Å². The smallest absolute Gasteiger partial charge is 0.252 e. The Kier molecular flexibility index (Phi) is 4.47. The molecule has 2 nitrogen and oxygen atoms in total. The van der Waals surface area contributed by atoms with Gasteiger partial charge < -0.3 is 5.32 Å². The third kappa shape index (κ3) is 3.38. The van der Waals surface area contributed by atoms with Gasteiger partial charge in [-0.15, -0.1) is 0 Å². The summed E-state index contributed by atoms with van der Waals surface area (Å²) in [6, 6.07) is 7.18. The molecule has 0 atom stereocenters. The van der Waals surface area contributed by atoms with Crippen molar-refractivity contribution in [3.8, 4) is 0 Å². The Morgan fingerprint density at radius 3 is 2.50 bits per heavy atom. The molecular formula is C11H14ClNO. The van der Waals surface area contributed by atoms with Crippen molar-refractivity contribution < 1.29 is 4.79 Å². The summed E-state index contributed by atoms with van der Waals surface area (Å²) in [5.41, 5.74) is 1.56. The van der Waals surface area contributed by atoms with Crippen molar-refractivity contribution in [1.82, 2.24) is 0 Å². The number of nitrogens with one attached hydrogen (secondary N) is 1. The Balaban J connectivity index is 2.51. The average molecular weight is 212 g/mol. The summed E-state index contributed by atoms with van der Waals surface area (Å²) in [5, 5.41) is 2.85. The average Bonchev–Trinajstić information content (AvgIpc) is 2.19. The number of carbonyl (C=O) groups is 1. The van der Waals surface area contributed by atoms with Crippen LogP contribution < -0.4 is 5.32 Å². The van der Waals surface area contributed by atoms with Crippen molar-refractivity contribution >= 4 is 22.5 Å². The van der Waals surface area contributed by atoms with Crippen LogP contribution in [-0.2, 0) is 0 Å². The second-order valence-electron chi connectivity index (χ2n) is 3.13. The monoisotopic (exact) mass is 211 g/mol. The van der Waals surface area contributed by atoms with E-state index in [0.29, 0.717) is 5.56 Å².